The van der Waals surface area contributed by atoms with E-state index in [1.807, 2.05) is 53.6 Å². The molecule has 2 amide bonds. The second-order valence-electron chi connectivity index (χ2n) is 7.81. The number of nitrogens with zero attached hydrogens (tertiary/aromatic N) is 2. The number of H-pyrrole nitrogens is 1. The lowest BCUT2D eigenvalue weighted by molar-refractivity contribution is -0.124. The minimum absolute atomic E-state index is 0.0316. The van der Waals surface area contributed by atoms with Crippen molar-refractivity contribution in [2.75, 3.05) is 17.3 Å². The number of aromatic nitrogens is 1. The van der Waals surface area contributed by atoms with E-state index in [1.54, 1.807) is 13.2 Å². The van der Waals surface area contributed by atoms with E-state index < -0.39 is 6.04 Å². The first-order chi connectivity index (χ1) is 15.1. The average Bonchev–Trinajstić information content (AvgIpc) is 3.43. The number of amides is 2. The zero-order valence-corrected chi connectivity index (χ0v) is 17.8. The summed E-state index contributed by atoms with van der Waals surface area (Å²) in [5.74, 6) is 0.147. The number of benzene rings is 2. The van der Waals surface area contributed by atoms with Gasteiger partial charge < -0.3 is 19.9 Å². The Morgan fingerprint density at radius 1 is 1.23 bits per heavy atom. The Hall–Kier alpha value is -3.39. The van der Waals surface area contributed by atoms with Gasteiger partial charge in [-0.3, -0.25) is 14.5 Å². The number of fused-ring (bicyclic) bond motifs is 1. The Labute approximate surface area is 185 Å². The highest BCUT2D eigenvalue weighted by Crippen LogP contribution is 2.39. The van der Waals surface area contributed by atoms with Crippen LogP contribution in [0.3, 0.4) is 0 Å². The molecule has 1 aliphatic carbocycles. The molecule has 2 N–H and O–H groups in total. The second kappa shape index (κ2) is 7.70. The number of rotatable bonds is 6. The Bertz CT molecular complexity index is 1190. The van der Waals surface area contributed by atoms with Gasteiger partial charge in [-0.25, -0.2) is 0 Å². The maximum atomic E-state index is 13.4. The van der Waals surface area contributed by atoms with Gasteiger partial charge in [0.1, 0.15) is 11.8 Å². The van der Waals surface area contributed by atoms with Crippen molar-refractivity contribution in [3.63, 3.8) is 0 Å². The van der Waals surface area contributed by atoms with Crippen LogP contribution in [0, 0.1) is 0 Å². The molecule has 1 unspecified atom stereocenters. The zero-order chi connectivity index (χ0) is 21.5. The van der Waals surface area contributed by atoms with Crippen LogP contribution < -0.4 is 15.0 Å². The normalized spacial score (nSPS) is 18.7. The van der Waals surface area contributed by atoms with E-state index in [4.69, 9.17) is 17.0 Å². The number of anilines is 2. The summed E-state index contributed by atoms with van der Waals surface area (Å²) in [5, 5.41) is 4.42. The highest BCUT2D eigenvalue weighted by Gasteiger charge is 2.50. The summed E-state index contributed by atoms with van der Waals surface area (Å²) in [6.07, 6.45) is 3.82. The Balaban J connectivity index is 1.38. The van der Waals surface area contributed by atoms with Crippen LogP contribution in [0.5, 0.6) is 5.75 Å². The number of ether oxygens (including phenoxy) is 1. The van der Waals surface area contributed by atoms with Crippen molar-refractivity contribution in [2.45, 2.75) is 31.3 Å². The lowest BCUT2D eigenvalue weighted by Crippen LogP contribution is -2.39. The second-order valence-corrected chi connectivity index (χ2v) is 8.18. The van der Waals surface area contributed by atoms with Gasteiger partial charge in [-0.15, -0.1) is 0 Å². The minimum Gasteiger partial charge on any atom is -0.495 e. The molecule has 0 radical (unpaired) electrons. The van der Waals surface area contributed by atoms with Crippen molar-refractivity contribution in [2.24, 2.45) is 0 Å². The molecule has 2 fully saturated rings. The Morgan fingerprint density at radius 3 is 2.81 bits per heavy atom. The molecule has 8 heteroatoms. The number of methoxy groups -OCH3 is 1. The smallest absolute Gasteiger partial charge is 0.256 e. The fraction of sp³-hybridized carbons (Fsp3) is 0.261. The van der Waals surface area contributed by atoms with Crippen LogP contribution in [0.2, 0.25) is 0 Å². The summed E-state index contributed by atoms with van der Waals surface area (Å²) in [7, 11) is 1.56. The first-order valence-electron chi connectivity index (χ1n) is 10.2. The number of thiocarbonyl (C=S) groups is 1. The van der Waals surface area contributed by atoms with E-state index in [2.05, 4.69) is 10.3 Å². The third-order valence-electron chi connectivity index (χ3n) is 5.74. The third-order valence-corrected chi connectivity index (χ3v) is 6.13. The lowest BCUT2D eigenvalue weighted by Gasteiger charge is -2.23. The summed E-state index contributed by atoms with van der Waals surface area (Å²) in [6, 6.07) is 14.5. The van der Waals surface area contributed by atoms with E-state index in [-0.39, 0.29) is 24.3 Å². The number of nitrogens with one attached hydrogen (secondary N) is 2. The van der Waals surface area contributed by atoms with Crippen LogP contribution in [-0.2, 0) is 9.59 Å². The van der Waals surface area contributed by atoms with Crippen molar-refractivity contribution in [1.29, 1.82) is 0 Å². The van der Waals surface area contributed by atoms with E-state index in [1.165, 1.54) is 4.90 Å². The van der Waals surface area contributed by atoms with Gasteiger partial charge in [0.2, 0.25) is 5.91 Å². The topological polar surface area (TPSA) is 77.7 Å². The molecule has 1 saturated heterocycles. The molecular formula is C23H22N4O3S. The fourth-order valence-corrected chi connectivity index (χ4v) is 4.57. The quantitative estimate of drug-likeness (QED) is 0.579. The first-order valence-corrected chi connectivity index (χ1v) is 10.6. The molecule has 1 aliphatic heterocycles. The third kappa shape index (κ3) is 3.53. The molecular weight excluding hydrogens is 412 g/mol. The van der Waals surface area contributed by atoms with E-state index in [9.17, 15) is 9.59 Å². The van der Waals surface area contributed by atoms with Gasteiger partial charge in [0.25, 0.3) is 5.91 Å². The van der Waals surface area contributed by atoms with E-state index >= 15 is 0 Å². The summed E-state index contributed by atoms with van der Waals surface area (Å²) in [5.41, 5.74) is 2.23. The summed E-state index contributed by atoms with van der Waals surface area (Å²) >= 11 is 5.69. The molecule has 2 aliphatic rings. The van der Waals surface area contributed by atoms with Gasteiger partial charge in [-0.05, 0) is 60.8 Å². The molecule has 1 atom stereocenters. The predicted octanol–water partition coefficient (Wildman–Crippen LogP) is 3.67. The van der Waals surface area contributed by atoms with Crippen LogP contribution in [0.1, 0.15) is 19.3 Å². The molecule has 3 aromatic rings. The largest absolute Gasteiger partial charge is 0.495 e. The molecule has 1 aromatic heterocycles. The minimum atomic E-state index is -0.626. The lowest BCUT2D eigenvalue weighted by atomic mass is 10.1. The highest BCUT2D eigenvalue weighted by molar-refractivity contribution is 7.80. The van der Waals surface area contributed by atoms with Gasteiger partial charge in [-0.2, -0.15) is 0 Å². The monoisotopic (exact) mass is 434 g/mol. The van der Waals surface area contributed by atoms with Gasteiger partial charge >= 0.3 is 0 Å². The first kappa shape index (κ1) is 19.6. The molecule has 2 aromatic carbocycles. The van der Waals surface area contributed by atoms with E-state index in [0.717, 1.165) is 23.7 Å². The number of para-hydroxylation sites is 2. The predicted molar refractivity (Wildman–Crippen MR) is 123 cm³/mol. The molecule has 158 valence electrons. The van der Waals surface area contributed by atoms with Gasteiger partial charge in [0.15, 0.2) is 5.11 Å². The van der Waals surface area contributed by atoms with E-state index in [0.29, 0.717) is 22.2 Å². The van der Waals surface area contributed by atoms with Crippen LogP contribution in [0.4, 0.5) is 11.4 Å². The SMILES string of the molecule is COc1ccccc1N1C(=O)C(CC(=O)Nc2ccc3cc[nH]c3c2)N(C2CC2)C1=S. The van der Waals surface area contributed by atoms with Gasteiger partial charge in [0.05, 0.1) is 19.2 Å². The molecule has 31 heavy (non-hydrogen) atoms. The zero-order valence-electron chi connectivity index (χ0n) is 17.0. The number of aromatic amines is 1. The van der Waals surface area contributed by atoms with Gasteiger partial charge in [0, 0.05) is 23.4 Å². The van der Waals surface area contributed by atoms with Crippen LogP contribution >= 0.6 is 12.2 Å². The van der Waals surface area contributed by atoms with Gasteiger partial charge in [-0.1, -0.05) is 18.2 Å². The maximum Gasteiger partial charge on any atom is 0.256 e. The number of carbonyl (C=O) groups is 2. The molecule has 5 rings (SSSR count). The van der Waals surface area contributed by atoms with Crippen molar-refractivity contribution >= 4 is 51.4 Å². The average molecular weight is 435 g/mol. The maximum absolute atomic E-state index is 13.4. The number of hydrogen-bond acceptors (Lipinski definition) is 4. The number of carbonyl (C=O) groups excluding carboxylic acids is 2. The number of hydrogen-bond donors (Lipinski definition) is 2. The molecule has 7 nitrogen and oxygen atoms in total. The summed E-state index contributed by atoms with van der Waals surface area (Å²) in [6.45, 7) is 0. The molecule has 0 spiro atoms. The molecule has 0 bridgehead atoms. The fourth-order valence-electron chi connectivity index (χ4n) is 4.11. The highest BCUT2D eigenvalue weighted by atomic mass is 32.1. The van der Waals surface area contributed by atoms with Crippen molar-refractivity contribution in [3.8, 4) is 5.75 Å². The molecule has 2 heterocycles. The molecule has 1 saturated carbocycles. The van der Waals surface area contributed by atoms with Crippen molar-refractivity contribution in [1.82, 2.24) is 9.88 Å². The Kier molecular flexibility index (Phi) is 4.86. The Morgan fingerprint density at radius 2 is 2.03 bits per heavy atom. The summed E-state index contributed by atoms with van der Waals surface area (Å²) < 4.78 is 5.44. The van der Waals surface area contributed by atoms with Crippen molar-refractivity contribution < 1.29 is 14.3 Å². The van der Waals surface area contributed by atoms with Crippen LogP contribution in [-0.4, -0.2) is 46.0 Å². The van der Waals surface area contributed by atoms with Crippen LogP contribution in [0.15, 0.2) is 54.7 Å². The standard InChI is InChI=1S/C23H22N4O3S/c1-30-20-5-3-2-4-18(20)27-22(29)19(26(23(27)31)16-8-9-16)13-21(28)25-15-7-6-14-10-11-24-17(14)12-15/h2-7,10-12,16,19,24H,8-9,13H2,1H3,(H,25,28). The van der Waals surface area contributed by atoms with Crippen LogP contribution in [0.25, 0.3) is 10.9 Å². The van der Waals surface area contributed by atoms with Crippen molar-refractivity contribution in [3.05, 3.63) is 54.7 Å². The summed E-state index contributed by atoms with van der Waals surface area (Å²) in [4.78, 5) is 32.8.